The molecule has 2 fully saturated rings. The van der Waals surface area contributed by atoms with Crippen molar-refractivity contribution in [2.45, 2.75) is 31.8 Å². The van der Waals surface area contributed by atoms with Crippen LogP contribution in [0, 0.1) is 0 Å². The van der Waals surface area contributed by atoms with Crippen LogP contribution in [0.5, 0.6) is 0 Å². The molecule has 2 aliphatic rings. The highest BCUT2D eigenvalue weighted by Crippen LogP contribution is 2.14. The third kappa shape index (κ3) is 6.56. The second kappa shape index (κ2) is 12.1. The monoisotopic (exact) mass is 526 g/mol. The largest absolute Gasteiger partial charge is 0.469 e. The fourth-order valence-electron chi connectivity index (χ4n) is 3.73. The summed E-state index contributed by atoms with van der Waals surface area (Å²) in [5, 5.41) is 3.53. The Bertz CT molecular complexity index is 744. The third-order valence-electron chi connectivity index (χ3n) is 5.37. The number of ether oxygens (including phenoxy) is 1. The SMILES string of the molecule is I.c1cnc(N2CCN(C(=NCC3CCCCO3)NCCc3ccco3)CC2)nc1. The van der Waals surface area contributed by atoms with Gasteiger partial charge in [-0.2, -0.15) is 0 Å². The number of nitrogens with zero attached hydrogens (tertiary/aromatic N) is 5. The summed E-state index contributed by atoms with van der Waals surface area (Å²) < 4.78 is 11.3. The first kappa shape index (κ1) is 22.8. The average molecular weight is 526 g/mol. The molecule has 2 aromatic heterocycles. The van der Waals surface area contributed by atoms with Crippen LogP contribution in [0.15, 0.2) is 46.3 Å². The van der Waals surface area contributed by atoms with E-state index in [-0.39, 0.29) is 30.1 Å². The van der Waals surface area contributed by atoms with E-state index in [1.165, 1.54) is 6.42 Å². The number of aromatic nitrogens is 2. The maximum absolute atomic E-state index is 5.86. The zero-order chi connectivity index (χ0) is 19.7. The van der Waals surface area contributed by atoms with Gasteiger partial charge in [-0.15, -0.1) is 24.0 Å². The molecule has 1 unspecified atom stereocenters. The van der Waals surface area contributed by atoms with Gasteiger partial charge in [-0.05, 0) is 37.5 Å². The van der Waals surface area contributed by atoms with Gasteiger partial charge in [-0.3, -0.25) is 4.99 Å². The Morgan fingerprint density at radius 3 is 2.67 bits per heavy atom. The highest BCUT2D eigenvalue weighted by molar-refractivity contribution is 14.0. The van der Waals surface area contributed by atoms with Gasteiger partial charge < -0.3 is 24.3 Å². The Labute approximate surface area is 195 Å². The van der Waals surface area contributed by atoms with E-state index in [1.807, 2.05) is 18.2 Å². The van der Waals surface area contributed by atoms with Gasteiger partial charge in [-0.25, -0.2) is 9.97 Å². The van der Waals surface area contributed by atoms with E-state index in [2.05, 4.69) is 25.1 Å². The minimum atomic E-state index is 0. The van der Waals surface area contributed by atoms with Crippen molar-refractivity contribution in [1.82, 2.24) is 20.2 Å². The van der Waals surface area contributed by atoms with Crippen molar-refractivity contribution in [1.29, 1.82) is 0 Å². The maximum atomic E-state index is 5.86. The molecule has 9 heteroatoms. The molecule has 0 saturated carbocycles. The van der Waals surface area contributed by atoms with Gasteiger partial charge in [0.1, 0.15) is 5.76 Å². The van der Waals surface area contributed by atoms with Gasteiger partial charge in [0.25, 0.3) is 0 Å². The summed E-state index contributed by atoms with van der Waals surface area (Å²) in [6.07, 6.45) is 9.88. The van der Waals surface area contributed by atoms with E-state index in [4.69, 9.17) is 14.1 Å². The van der Waals surface area contributed by atoms with Crippen molar-refractivity contribution in [2.24, 2.45) is 4.99 Å². The van der Waals surface area contributed by atoms with E-state index < -0.39 is 0 Å². The van der Waals surface area contributed by atoms with Gasteiger partial charge in [-0.1, -0.05) is 0 Å². The lowest BCUT2D eigenvalue weighted by atomic mass is 10.1. The molecule has 1 N–H and O–H groups in total. The van der Waals surface area contributed by atoms with E-state index in [0.29, 0.717) is 6.54 Å². The number of halogens is 1. The summed E-state index contributed by atoms with van der Waals surface area (Å²) in [6, 6.07) is 5.78. The standard InChI is InChI=1S/C21H30N6O2.HI/c1-2-15-29-19(5-1)17-25-21(24-10-7-18-6-3-16-28-18)27-13-11-26(12-14-27)20-22-8-4-9-23-20;/h3-4,6,8-9,16,19H,1-2,5,7,10-15,17H2,(H,24,25);1H. The van der Waals surface area contributed by atoms with E-state index in [1.54, 1.807) is 18.7 Å². The first-order chi connectivity index (χ1) is 14.4. The number of rotatable bonds is 6. The molecule has 0 aromatic carbocycles. The van der Waals surface area contributed by atoms with Crippen LogP contribution in [0.3, 0.4) is 0 Å². The number of hydrogen-bond acceptors (Lipinski definition) is 6. The third-order valence-corrected chi connectivity index (χ3v) is 5.37. The molecule has 2 saturated heterocycles. The van der Waals surface area contributed by atoms with Crippen LogP contribution < -0.4 is 10.2 Å². The van der Waals surface area contributed by atoms with Crippen LogP contribution in [0.4, 0.5) is 5.95 Å². The Morgan fingerprint density at radius 1 is 1.13 bits per heavy atom. The molecule has 4 rings (SSSR count). The average Bonchev–Trinajstić information content (AvgIpc) is 3.31. The highest BCUT2D eigenvalue weighted by Gasteiger charge is 2.22. The minimum Gasteiger partial charge on any atom is -0.469 e. The molecular weight excluding hydrogens is 495 g/mol. The van der Waals surface area contributed by atoms with Gasteiger partial charge in [0.2, 0.25) is 5.95 Å². The molecule has 4 heterocycles. The van der Waals surface area contributed by atoms with Crippen molar-refractivity contribution in [2.75, 3.05) is 50.8 Å². The van der Waals surface area contributed by atoms with Gasteiger partial charge >= 0.3 is 0 Å². The van der Waals surface area contributed by atoms with Crippen LogP contribution in [-0.2, 0) is 11.2 Å². The summed E-state index contributed by atoms with van der Waals surface area (Å²) in [5.74, 6) is 2.74. The number of anilines is 1. The number of aliphatic imine (C=N–C) groups is 1. The Hall–Kier alpha value is -1.88. The summed E-state index contributed by atoms with van der Waals surface area (Å²) in [7, 11) is 0. The Morgan fingerprint density at radius 2 is 1.97 bits per heavy atom. The van der Waals surface area contributed by atoms with Crippen molar-refractivity contribution in [3.05, 3.63) is 42.6 Å². The molecule has 0 spiro atoms. The lowest BCUT2D eigenvalue weighted by molar-refractivity contribution is 0.0223. The van der Waals surface area contributed by atoms with Crippen molar-refractivity contribution in [3.8, 4) is 0 Å². The molecule has 164 valence electrons. The number of piperazine rings is 1. The minimum absolute atomic E-state index is 0. The molecule has 1 atom stereocenters. The summed E-state index contributed by atoms with van der Waals surface area (Å²) in [4.78, 5) is 18.2. The molecule has 30 heavy (non-hydrogen) atoms. The zero-order valence-electron chi connectivity index (χ0n) is 17.3. The normalized spacial score (nSPS) is 20.0. The van der Waals surface area contributed by atoms with E-state index in [9.17, 15) is 0 Å². The van der Waals surface area contributed by atoms with Crippen molar-refractivity contribution < 1.29 is 9.15 Å². The second-order valence-electron chi connectivity index (χ2n) is 7.43. The van der Waals surface area contributed by atoms with Gasteiger partial charge in [0.15, 0.2) is 5.96 Å². The van der Waals surface area contributed by atoms with E-state index >= 15 is 0 Å². The predicted molar refractivity (Wildman–Crippen MR) is 128 cm³/mol. The Kier molecular flexibility index (Phi) is 9.19. The first-order valence-electron chi connectivity index (χ1n) is 10.6. The van der Waals surface area contributed by atoms with Crippen LogP contribution in [0.25, 0.3) is 0 Å². The topological polar surface area (TPSA) is 79.0 Å². The summed E-state index contributed by atoms with van der Waals surface area (Å²) >= 11 is 0. The lowest BCUT2D eigenvalue weighted by Gasteiger charge is -2.36. The van der Waals surface area contributed by atoms with Crippen LogP contribution in [-0.4, -0.2) is 72.8 Å². The number of guanidine groups is 1. The zero-order valence-corrected chi connectivity index (χ0v) is 19.6. The number of hydrogen-bond donors (Lipinski definition) is 1. The van der Waals surface area contributed by atoms with Crippen LogP contribution >= 0.6 is 24.0 Å². The molecule has 2 aliphatic heterocycles. The quantitative estimate of drug-likeness (QED) is 0.352. The second-order valence-corrected chi connectivity index (χ2v) is 7.43. The molecule has 0 bridgehead atoms. The molecule has 2 aromatic rings. The van der Waals surface area contributed by atoms with Crippen LogP contribution in [0.2, 0.25) is 0 Å². The number of furan rings is 1. The fourth-order valence-corrected chi connectivity index (χ4v) is 3.73. The first-order valence-corrected chi connectivity index (χ1v) is 10.6. The summed E-state index contributed by atoms with van der Waals surface area (Å²) in [6.45, 7) is 5.89. The predicted octanol–water partition coefficient (Wildman–Crippen LogP) is 2.57. The lowest BCUT2D eigenvalue weighted by Crippen LogP contribution is -2.53. The smallest absolute Gasteiger partial charge is 0.225 e. The molecule has 0 amide bonds. The highest BCUT2D eigenvalue weighted by atomic mass is 127. The molecule has 0 aliphatic carbocycles. The van der Waals surface area contributed by atoms with Crippen molar-refractivity contribution >= 4 is 35.9 Å². The molecule has 8 nitrogen and oxygen atoms in total. The van der Waals surface area contributed by atoms with Gasteiger partial charge in [0.05, 0.1) is 18.9 Å². The number of nitrogens with one attached hydrogen (secondary N) is 1. The van der Waals surface area contributed by atoms with Crippen molar-refractivity contribution in [3.63, 3.8) is 0 Å². The van der Waals surface area contributed by atoms with E-state index in [0.717, 1.165) is 76.3 Å². The molecule has 0 radical (unpaired) electrons. The van der Waals surface area contributed by atoms with Gasteiger partial charge in [0, 0.05) is 58.1 Å². The fraction of sp³-hybridized carbons (Fsp3) is 0.571. The summed E-state index contributed by atoms with van der Waals surface area (Å²) in [5.41, 5.74) is 0. The van der Waals surface area contributed by atoms with Crippen LogP contribution in [0.1, 0.15) is 25.0 Å². The molecular formula is C21H31IN6O2. The Balaban J connectivity index is 0.00000256. The maximum Gasteiger partial charge on any atom is 0.225 e.